The first-order chi connectivity index (χ1) is 12.9. The Labute approximate surface area is 155 Å². The van der Waals surface area contributed by atoms with Crippen LogP contribution in [0.4, 0.5) is 0 Å². The van der Waals surface area contributed by atoms with E-state index in [4.69, 9.17) is 0 Å². The minimum atomic E-state index is 0.284. The van der Waals surface area contributed by atoms with Crippen molar-refractivity contribution in [2.24, 2.45) is 0 Å². The van der Waals surface area contributed by atoms with Gasteiger partial charge in [-0.3, -0.25) is 14.8 Å². The Bertz CT molecular complexity index is 740. The van der Waals surface area contributed by atoms with Crippen molar-refractivity contribution in [2.75, 3.05) is 13.1 Å². The Hall–Kier alpha value is -2.49. The molecular weight excluding hydrogens is 318 g/mol. The number of pyridine rings is 1. The van der Waals surface area contributed by atoms with E-state index in [1.54, 1.807) is 0 Å². The van der Waals surface area contributed by atoms with Crippen molar-refractivity contribution in [3.05, 3.63) is 102 Å². The summed E-state index contributed by atoms with van der Waals surface area (Å²) >= 11 is 0. The van der Waals surface area contributed by atoms with Crippen LogP contribution in [0.2, 0.25) is 0 Å². The number of nitrogens with zero attached hydrogens (tertiary/aromatic N) is 3. The van der Waals surface area contributed by atoms with Gasteiger partial charge in [0, 0.05) is 38.6 Å². The molecule has 1 saturated heterocycles. The Morgan fingerprint density at radius 3 is 1.69 bits per heavy atom. The standard InChI is InChI=1S/C23H25N3/c1-3-8-20(9-4-1)18-25-16-7-17-26(19-21-10-5-2-6-11-21)23(25)22-12-14-24-15-13-22/h1-6,8-15,23H,7,16-19H2. The number of rotatable bonds is 5. The summed E-state index contributed by atoms with van der Waals surface area (Å²) in [4.78, 5) is 9.41. The van der Waals surface area contributed by atoms with E-state index < -0.39 is 0 Å². The highest BCUT2D eigenvalue weighted by molar-refractivity contribution is 5.20. The molecular formula is C23H25N3. The summed E-state index contributed by atoms with van der Waals surface area (Å²) in [6.07, 6.45) is 5.30. The van der Waals surface area contributed by atoms with Gasteiger partial charge in [-0.05, 0) is 35.2 Å². The highest BCUT2D eigenvalue weighted by Gasteiger charge is 2.30. The maximum atomic E-state index is 4.22. The molecule has 1 aliphatic heterocycles. The van der Waals surface area contributed by atoms with Gasteiger partial charge in [0.1, 0.15) is 0 Å². The molecule has 26 heavy (non-hydrogen) atoms. The lowest BCUT2D eigenvalue weighted by atomic mass is 10.1. The van der Waals surface area contributed by atoms with Crippen LogP contribution in [0.25, 0.3) is 0 Å². The lowest BCUT2D eigenvalue weighted by molar-refractivity contribution is -0.00913. The van der Waals surface area contributed by atoms with E-state index in [0.717, 1.165) is 26.2 Å². The van der Waals surface area contributed by atoms with Gasteiger partial charge < -0.3 is 0 Å². The molecule has 0 bridgehead atoms. The first kappa shape index (κ1) is 17.0. The molecule has 3 aromatic rings. The van der Waals surface area contributed by atoms with Crippen LogP contribution < -0.4 is 0 Å². The highest BCUT2D eigenvalue weighted by Crippen LogP contribution is 2.31. The van der Waals surface area contributed by atoms with Crippen LogP contribution in [-0.4, -0.2) is 27.9 Å². The summed E-state index contributed by atoms with van der Waals surface area (Å²) in [5.41, 5.74) is 4.06. The molecule has 0 amide bonds. The Morgan fingerprint density at radius 1 is 0.692 bits per heavy atom. The number of aromatic nitrogens is 1. The number of hydrogen-bond donors (Lipinski definition) is 0. The van der Waals surface area contributed by atoms with Crippen molar-refractivity contribution in [3.8, 4) is 0 Å². The molecule has 1 fully saturated rings. The summed E-state index contributed by atoms with van der Waals surface area (Å²) < 4.78 is 0. The average molecular weight is 343 g/mol. The third kappa shape index (κ3) is 4.01. The first-order valence-corrected chi connectivity index (χ1v) is 9.36. The largest absolute Gasteiger partial charge is 0.280 e. The molecule has 2 aromatic carbocycles. The topological polar surface area (TPSA) is 19.4 Å². The van der Waals surface area contributed by atoms with Crippen molar-refractivity contribution in [1.29, 1.82) is 0 Å². The van der Waals surface area contributed by atoms with Crippen LogP contribution in [0, 0.1) is 0 Å². The van der Waals surface area contributed by atoms with E-state index in [1.165, 1.54) is 23.1 Å². The van der Waals surface area contributed by atoms with Crippen LogP contribution in [0.15, 0.2) is 85.2 Å². The van der Waals surface area contributed by atoms with Crippen LogP contribution in [0.3, 0.4) is 0 Å². The summed E-state index contributed by atoms with van der Waals surface area (Å²) in [6.45, 7) is 4.18. The lowest BCUT2D eigenvalue weighted by Gasteiger charge is -2.44. The summed E-state index contributed by atoms with van der Waals surface area (Å²) in [5.74, 6) is 0. The molecule has 1 aromatic heterocycles. The van der Waals surface area contributed by atoms with Crippen molar-refractivity contribution < 1.29 is 0 Å². The fourth-order valence-corrected chi connectivity index (χ4v) is 3.88. The monoisotopic (exact) mass is 343 g/mol. The molecule has 1 aliphatic rings. The Kier molecular flexibility index (Phi) is 5.38. The smallest absolute Gasteiger partial charge is 0.0893 e. The molecule has 0 unspecified atom stereocenters. The van der Waals surface area contributed by atoms with E-state index in [-0.39, 0.29) is 6.17 Å². The molecule has 0 radical (unpaired) electrons. The SMILES string of the molecule is c1ccc(CN2CCCN(Cc3ccccc3)C2c2ccncc2)cc1. The third-order valence-electron chi connectivity index (χ3n) is 5.04. The third-order valence-corrected chi connectivity index (χ3v) is 5.04. The molecule has 4 rings (SSSR count). The van der Waals surface area contributed by atoms with Gasteiger partial charge in [0.25, 0.3) is 0 Å². The minimum absolute atomic E-state index is 0.284. The zero-order chi connectivity index (χ0) is 17.6. The molecule has 3 nitrogen and oxygen atoms in total. The van der Waals surface area contributed by atoms with Crippen molar-refractivity contribution in [2.45, 2.75) is 25.7 Å². The van der Waals surface area contributed by atoms with Gasteiger partial charge in [-0.25, -0.2) is 0 Å². The second-order valence-electron chi connectivity index (χ2n) is 6.92. The molecule has 3 heteroatoms. The van der Waals surface area contributed by atoms with Crippen molar-refractivity contribution in [1.82, 2.24) is 14.8 Å². The van der Waals surface area contributed by atoms with Crippen LogP contribution in [0.5, 0.6) is 0 Å². The number of benzene rings is 2. The molecule has 0 aliphatic carbocycles. The van der Waals surface area contributed by atoms with Crippen LogP contribution in [0.1, 0.15) is 29.3 Å². The van der Waals surface area contributed by atoms with Gasteiger partial charge in [-0.2, -0.15) is 0 Å². The molecule has 2 heterocycles. The van der Waals surface area contributed by atoms with Gasteiger partial charge >= 0.3 is 0 Å². The zero-order valence-electron chi connectivity index (χ0n) is 15.0. The Morgan fingerprint density at radius 2 is 1.19 bits per heavy atom. The molecule has 0 N–H and O–H groups in total. The van der Waals surface area contributed by atoms with E-state index in [2.05, 4.69) is 87.6 Å². The van der Waals surface area contributed by atoms with Crippen LogP contribution >= 0.6 is 0 Å². The summed E-state index contributed by atoms with van der Waals surface area (Å²) in [6, 6.07) is 25.9. The molecule has 132 valence electrons. The van der Waals surface area contributed by atoms with E-state index in [1.807, 2.05) is 12.4 Å². The number of hydrogen-bond acceptors (Lipinski definition) is 3. The molecule has 0 atom stereocenters. The maximum Gasteiger partial charge on any atom is 0.0893 e. The van der Waals surface area contributed by atoms with Gasteiger partial charge in [0.05, 0.1) is 6.17 Å². The molecule has 0 saturated carbocycles. The predicted molar refractivity (Wildman–Crippen MR) is 105 cm³/mol. The lowest BCUT2D eigenvalue weighted by Crippen LogP contribution is -2.46. The second-order valence-corrected chi connectivity index (χ2v) is 6.92. The summed E-state index contributed by atoms with van der Waals surface area (Å²) in [5, 5.41) is 0. The van der Waals surface area contributed by atoms with Crippen LogP contribution in [-0.2, 0) is 13.1 Å². The fraction of sp³-hybridized carbons (Fsp3) is 0.261. The van der Waals surface area contributed by atoms with E-state index >= 15 is 0 Å². The van der Waals surface area contributed by atoms with Crippen molar-refractivity contribution in [3.63, 3.8) is 0 Å². The highest BCUT2D eigenvalue weighted by atomic mass is 15.4. The molecule has 0 spiro atoms. The maximum absolute atomic E-state index is 4.22. The van der Waals surface area contributed by atoms with Gasteiger partial charge in [-0.1, -0.05) is 60.7 Å². The quantitative estimate of drug-likeness (QED) is 0.680. The summed E-state index contributed by atoms with van der Waals surface area (Å²) in [7, 11) is 0. The average Bonchev–Trinajstić information content (AvgIpc) is 2.70. The van der Waals surface area contributed by atoms with E-state index in [9.17, 15) is 0 Å². The second kappa shape index (κ2) is 8.26. The van der Waals surface area contributed by atoms with Gasteiger partial charge in [0.2, 0.25) is 0 Å². The Balaban J connectivity index is 1.62. The van der Waals surface area contributed by atoms with Gasteiger partial charge in [-0.15, -0.1) is 0 Å². The van der Waals surface area contributed by atoms with Crippen molar-refractivity contribution >= 4 is 0 Å². The predicted octanol–water partition coefficient (Wildman–Crippen LogP) is 4.49. The van der Waals surface area contributed by atoms with Gasteiger partial charge in [0.15, 0.2) is 0 Å². The fourth-order valence-electron chi connectivity index (χ4n) is 3.88. The normalized spacial score (nSPS) is 16.6. The zero-order valence-corrected chi connectivity index (χ0v) is 15.0. The van der Waals surface area contributed by atoms with E-state index in [0.29, 0.717) is 0 Å². The first-order valence-electron chi connectivity index (χ1n) is 9.36. The minimum Gasteiger partial charge on any atom is -0.280 e.